The normalized spacial score (nSPS) is 29.2. The number of carbonyl (C=O) groups excluding carboxylic acids is 2. The molecule has 0 aromatic carbocycles. The Labute approximate surface area is 74.7 Å². The highest BCUT2D eigenvalue weighted by atomic mass is 32.1. The zero-order chi connectivity index (χ0) is 9.14. The van der Waals surface area contributed by atoms with Crippen LogP contribution in [-0.2, 0) is 14.3 Å². The molecule has 2 atom stereocenters. The largest absolute Gasteiger partial charge is 0.446 e. The van der Waals surface area contributed by atoms with Crippen molar-refractivity contribution in [1.29, 1.82) is 0 Å². The molecule has 1 aliphatic heterocycles. The maximum atomic E-state index is 11.1. The second-order valence-corrected chi connectivity index (χ2v) is 3.06. The summed E-state index contributed by atoms with van der Waals surface area (Å²) in [6.45, 7) is 0.0202. The third kappa shape index (κ3) is 1.70. The molecule has 1 rings (SSSR count). The molecule has 0 saturated carbocycles. The lowest BCUT2D eigenvalue weighted by Gasteiger charge is -2.17. The van der Waals surface area contributed by atoms with Crippen molar-refractivity contribution < 1.29 is 19.4 Å². The molecule has 0 bridgehead atoms. The smallest absolute Gasteiger partial charge is 0.294 e. The predicted octanol–water partition coefficient (Wildman–Crippen LogP) is -1.03. The Morgan fingerprint density at radius 1 is 1.83 bits per heavy atom. The van der Waals surface area contributed by atoms with Crippen LogP contribution in [0.4, 0.5) is 0 Å². The fourth-order valence-corrected chi connectivity index (χ4v) is 1.36. The number of aliphatic hydroxyl groups is 1. The maximum absolute atomic E-state index is 11.1. The van der Waals surface area contributed by atoms with Gasteiger partial charge in [-0.05, 0) is 0 Å². The summed E-state index contributed by atoms with van der Waals surface area (Å²) in [6.07, 6.45) is -0.621. The van der Waals surface area contributed by atoms with Crippen molar-refractivity contribution in [2.75, 3.05) is 6.73 Å². The molecule has 2 unspecified atom stereocenters. The van der Waals surface area contributed by atoms with E-state index in [4.69, 9.17) is 0 Å². The topological polar surface area (TPSA) is 66.8 Å². The molecule has 0 radical (unpaired) electrons. The molecule has 0 aromatic rings. The van der Waals surface area contributed by atoms with Gasteiger partial charge >= 0.3 is 0 Å². The molecule has 0 aromatic heterocycles. The molecule has 6 heteroatoms. The first kappa shape index (κ1) is 9.34. The first-order valence-corrected chi connectivity index (χ1v) is 3.90. The van der Waals surface area contributed by atoms with Gasteiger partial charge in [0.15, 0.2) is 6.73 Å². The number of amides is 1. The highest BCUT2D eigenvalue weighted by Crippen LogP contribution is 2.20. The number of likely N-dealkylation sites (tertiary alicyclic amines) is 1. The molecule has 1 heterocycles. The minimum absolute atomic E-state index is 0.208. The van der Waals surface area contributed by atoms with Crippen LogP contribution in [0.25, 0.3) is 0 Å². The first-order valence-electron chi connectivity index (χ1n) is 3.38. The summed E-state index contributed by atoms with van der Waals surface area (Å²) < 4.78 is 4.34. The van der Waals surface area contributed by atoms with E-state index in [0.717, 1.165) is 4.90 Å². The fourth-order valence-electron chi connectivity index (χ4n) is 1.03. The van der Waals surface area contributed by atoms with Crippen molar-refractivity contribution in [3.05, 3.63) is 0 Å². The SMILES string of the molecule is O=COCN1C(=O)C(S)CC1O. The number of nitrogens with zero attached hydrogens (tertiary/aromatic N) is 1. The molecule has 1 fully saturated rings. The number of aliphatic hydroxyl groups excluding tert-OH is 1. The van der Waals surface area contributed by atoms with Gasteiger partial charge in [-0.1, -0.05) is 0 Å². The standard InChI is InChI=1S/C6H9NO4S/c8-3-11-2-7-5(9)1-4(12)6(7)10/h3-5,9,12H,1-2H2. The number of ether oxygens (including phenoxy) is 1. The van der Waals surface area contributed by atoms with Crippen molar-refractivity contribution in [2.24, 2.45) is 0 Å². The molecule has 12 heavy (non-hydrogen) atoms. The van der Waals surface area contributed by atoms with Crippen molar-refractivity contribution >= 4 is 25.0 Å². The maximum Gasteiger partial charge on any atom is 0.294 e. The zero-order valence-electron chi connectivity index (χ0n) is 6.21. The molecular formula is C6H9NO4S. The van der Waals surface area contributed by atoms with E-state index in [9.17, 15) is 14.7 Å². The molecule has 0 spiro atoms. The highest BCUT2D eigenvalue weighted by Gasteiger charge is 2.36. The van der Waals surface area contributed by atoms with Gasteiger partial charge in [0, 0.05) is 6.42 Å². The van der Waals surface area contributed by atoms with Gasteiger partial charge < -0.3 is 9.84 Å². The molecule has 1 saturated heterocycles. The summed E-state index contributed by atoms with van der Waals surface area (Å²) in [4.78, 5) is 22.0. The number of hydrogen-bond donors (Lipinski definition) is 2. The number of thiol groups is 1. The minimum atomic E-state index is -0.889. The van der Waals surface area contributed by atoms with Crippen LogP contribution in [0.2, 0.25) is 0 Å². The summed E-state index contributed by atoms with van der Waals surface area (Å²) in [5.74, 6) is -0.312. The third-order valence-corrected chi connectivity index (χ3v) is 2.08. The van der Waals surface area contributed by atoms with Crippen molar-refractivity contribution in [2.45, 2.75) is 17.9 Å². The second-order valence-electron chi connectivity index (χ2n) is 2.43. The first-order chi connectivity index (χ1) is 5.66. The molecule has 1 aliphatic rings. The Morgan fingerprint density at radius 3 is 2.92 bits per heavy atom. The van der Waals surface area contributed by atoms with E-state index in [1.165, 1.54) is 0 Å². The van der Waals surface area contributed by atoms with E-state index >= 15 is 0 Å². The van der Waals surface area contributed by atoms with E-state index in [-0.39, 0.29) is 25.5 Å². The summed E-state index contributed by atoms with van der Waals surface area (Å²) >= 11 is 3.93. The number of carbonyl (C=O) groups is 2. The monoisotopic (exact) mass is 191 g/mol. The minimum Gasteiger partial charge on any atom is -0.446 e. The van der Waals surface area contributed by atoms with Gasteiger partial charge in [0.25, 0.3) is 6.47 Å². The average molecular weight is 191 g/mol. The van der Waals surface area contributed by atoms with Gasteiger partial charge in [0.2, 0.25) is 5.91 Å². The van der Waals surface area contributed by atoms with Gasteiger partial charge in [-0.2, -0.15) is 12.6 Å². The third-order valence-electron chi connectivity index (χ3n) is 1.64. The lowest BCUT2D eigenvalue weighted by Crippen LogP contribution is -2.35. The average Bonchev–Trinajstić information content (AvgIpc) is 2.25. The molecular weight excluding hydrogens is 182 g/mol. The van der Waals surface area contributed by atoms with E-state index in [2.05, 4.69) is 17.4 Å². The summed E-state index contributed by atoms with van der Waals surface area (Å²) in [5.41, 5.74) is 0. The Kier molecular flexibility index (Phi) is 2.93. The second kappa shape index (κ2) is 3.77. The fraction of sp³-hybridized carbons (Fsp3) is 0.667. The summed E-state index contributed by atoms with van der Waals surface area (Å²) in [6, 6.07) is 0. The van der Waals surface area contributed by atoms with Crippen LogP contribution in [0.1, 0.15) is 6.42 Å². The molecule has 68 valence electrons. The lowest BCUT2D eigenvalue weighted by molar-refractivity contribution is -0.147. The van der Waals surface area contributed by atoms with E-state index in [0.29, 0.717) is 0 Å². The summed E-state index contributed by atoms with van der Waals surface area (Å²) in [7, 11) is 0. The van der Waals surface area contributed by atoms with Crippen LogP contribution < -0.4 is 0 Å². The van der Waals surface area contributed by atoms with Crippen LogP contribution >= 0.6 is 12.6 Å². The van der Waals surface area contributed by atoms with Gasteiger partial charge in [0.1, 0.15) is 6.23 Å². The van der Waals surface area contributed by atoms with Crippen LogP contribution in [0.5, 0.6) is 0 Å². The lowest BCUT2D eigenvalue weighted by atomic mass is 10.3. The predicted molar refractivity (Wildman–Crippen MR) is 42.3 cm³/mol. The zero-order valence-corrected chi connectivity index (χ0v) is 7.11. The number of rotatable bonds is 3. The van der Waals surface area contributed by atoms with Gasteiger partial charge in [-0.25, -0.2) is 0 Å². The van der Waals surface area contributed by atoms with Gasteiger partial charge in [0.05, 0.1) is 5.25 Å². The van der Waals surface area contributed by atoms with Gasteiger partial charge in [-0.15, -0.1) is 0 Å². The van der Waals surface area contributed by atoms with Crippen molar-refractivity contribution in [3.63, 3.8) is 0 Å². The van der Waals surface area contributed by atoms with Crippen LogP contribution in [0.3, 0.4) is 0 Å². The van der Waals surface area contributed by atoms with Crippen LogP contribution in [0.15, 0.2) is 0 Å². The molecule has 5 nitrogen and oxygen atoms in total. The summed E-state index contributed by atoms with van der Waals surface area (Å²) in [5, 5.41) is 8.73. The molecule has 1 N–H and O–H groups in total. The van der Waals surface area contributed by atoms with E-state index < -0.39 is 11.5 Å². The van der Waals surface area contributed by atoms with Crippen molar-refractivity contribution in [3.8, 4) is 0 Å². The van der Waals surface area contributed by atoms with E-state index in [1.54, 1.807) is 0 Å². The molecule has 0 aliphatic carbocycles. The van der Waals surface area contributed by atoms with Crippen LogP contribution in [0, 0.1) is 0 Å². The Balaban J connectivity index is 2.51. The van der Waals surface area contributed by atoms with Crippen molar-refractivity contribution in [1.82, 2.24) is 4.90 Å². The van der Waals surface area contributed by atoms with E-state index in [1.807, 2.05) is 0 Å². The quantitative estimate of drug-likeness (QED) is 0.442. The van der Waals surface area contributed by atoms with Gasteiger partial charge in [-0.3, -0.25) is 14.5 Å². The molecule has 1 amide bonds. The number of hydrogen-bond acceptors (Lipinski definition) is 5. The van der Waals surface area contributed by atoms with Crippen LogP contribution in [-0.4, -0.2) is 40.6 Å². The Hall–Kier alpha value is -0.750. The highest BCUT2D eigenvalue weighted by molar-refractivity contribution is 7.81. The Bertz CT molecular complexity index is 198. The Morgan fingerprint density at radius 2 is 2.50 bits per heavy atom.